The molecule has 1 fully saturated rings. The molecule has 3 heteroatoms. The molecule has 0 nitrogen and oxygen atoms in total. The van der Waals surface area contributed by atoms with Crippen LogP contribution >= 0.6 is 0 Å². The zero-order valence-corrected chi connectivity index (χ0v) is 21.3. The Hall–Kier alpha value is 3.31. The third kappa shape index (κ3) is 12.4. The van der Waals surface area contributed by atoms with Crippen molar-refractivity contribution >= 4 is 0 Å². The zero-order chi connectivity index (χ0) is 9.02. The quantitative estimate of drug-likeness (QED) is 0.461. The van der Waals surface area contributed by atoms with Gasteiger partial charge in [0, 0.05) is 98.1 Å². The topological polar surface area (TPSA) is 0 Å². The average molecular weight is 453 g/mol. The van der Waals surface area contributed by atoms with Crippen LogP contribution in [0.4, 0.5) is 0 Å². The van der Waals surface area contributed by atoms with E-state index in [1.54, 1.807) is 0 Å². The molecule has 1 saturated carbocycles. The Morgan fingerprint density at radius 2 is 0.812 bits per heavy atom. The van der Waals surface area contributed by atoms with Crippen LogP contribution in [0.25, 0.3) is 0 Å². The van der Waals surface area contributed by atoms with E-state index in [1.165, 1.54) is 6.42 Å². The maximum Gasteiger partial charge on any atom is 0 e. The van der Waals surface area contributed by atoms with Crippen LogP contribution in [-0.2, 0) is 98.1 Å². The normalized spacial score (nSPS) is 29.6. The van der Waals surface area contributed by atoms with E-state index in [4.69, 9.17) is 0 Å². The summed E-state index contributed by atoms with van der Waals surface area (Å²) in [4.78, 5) is 0. The summed E-state index contributed by atoms with van der Waals surface area (Å²) in [5.74, 6) is 3.85. The molecule has 0 amide bonds. The van der Waals surface area contributed by atoms with Crippen LogP contribution in [0.1, 0.15) is 48.0 Å². The molecule has 0 spiro atoms. The van der Waals surface area contributed by atoms with Crippen LogP contribution in [0.15, 0.2) is 0 Å². The fourth-order valence-corrected chi connectivity index (χ4v) is 2.05. The Morgan fingerprint density at radius 1 is 0.625 bits per heavy atom. The van der Waals surface area contributed by atoms with Gasteiger partial charge in [0.15, 0.2) is 0 Å². The molecule has 4 atom stereocenters. The van der Waals surface area contributed by atoms with Crippen molar-refractivity contribution in [3.63, 3.8) is 0 Å². The molecule has 0 bridgehead atoms. The van der Waals surface area contributed by atoms with Crippen molar-refractivity contribution in [3.8, 4) is 0 Å². The van der Waals surface area contributed by atoms with Crippen molar-refractivity contribution in [2.24, 2.45) is 23.7 Å². The van der Waals surface area contributed by atoms with Crippen molar-refractivity contribution in [1.82, 2.24) is 0 Å². The summed E-state index contributed by atoms with van der Waals surface area (Å²) in [5.41, 5.74) is 0. The standard InChI is InChI=1S/C9H18.C2H6.2CH3.3Y/c1-6-5-7(2)9(4)8(6)3;1-2;;;;;/h6-9H,5H2,1-4H3;1-2H3;2*1H3;;;/q;;2*-1;;;/t6-,7+,8-,9+;;;;;;. The smallest absolute Gasteiger partial charge is 0 e. The van der Waals surface area contributed by atoms with E-state index in [2.05, 4.69) is 27.7 Å². The molecule has 1 rings (SSSR count). The van der Waals surface area contributed by atoms with Gasteiger partial charge in [0.25, 0.3) is 0 Å². The summed E-state index contributed by atoms with van der Waals surface area (Å²) in [5, 5.41) is 0. The minimum Gasteiger partial charge on any atom is -0.358 e. The molecule has 0 heterocycles. The summed E-state index contributed by atoms with van der Waals surface area (Å²) < 4.78 is 0. The Balaban J connectivity index is -0.0000000339. The van der Waals surface area contributed by atoms with Gasteiger partial charge in [-0.2, -0.15) is 0 Å². The van der Waals surface area contributed by atoms with E-state index >= 15 is 0 Å². The molecule has 1 aliphatic rings. The average Bonchev–Trinajstić information content (AvgIpc) is 2.22. The molecular weight excluding hydrogens is 423 g/mol. The Kier molecular flexibility index (Phi) is 47.1. The van der Waals surface area contributed by atoms with Crippen LogP contribution in [0, 0.1) is 38.5 Å². The van der Waals surface area contributed by atoms with Crippen LogP contribution in [0.5, 0.6) is 0 Å². The second kappa shape index (κ2) is 20.6. The van der Waals surface area contributed by atoms with Gasteiger partial charge in [0.1, 0.15) is 0 Å². The molecule has 16 heavy (non-hydrogen) atoms. The first-order valence-corrected chi connectivity index (χ1v) is 5.13. The van der Waals surface area contributed by atoms with Crippen LogP contribution in [0.2, 0.25) is 0 Å². The minimum absolute atomic E-state index is 0. The van der Waals surface area contributed by atoms with Gasteiger partial charge in [-0.15, -0.1) is 0 Å². The first-order chi connectivity index (χ1) is 5.13. The SMILES string of the molecule is CC.C[C@@H]1[C@H](C)[C@H](C)C[C@@H]1C.[CH3-].[CH3-].[Y].[Y].[Y]. The molecule has 0 aromatic carbocycles. The Morgan fingerprint density at radius 3 is 0.875 bits per heavy atom. The molecule has 0 N–H and O–H groups in total. The third-order valence-corrected chi connectivity index (χ3v) is 3.37. The largest absolute Gasteiger partial charge is 0.358 e. The fraction of sp³-hybridized carbons (Fsp3) is 0.846. The van der Waals surface area contributed by atoms with Crippen molar-refractivity contribution in [3.05, 3.63) is 14.9 Å². The van der Waals surface area contributed by atoms with Gasteiger partial charge < -0.3 is 14.9 Å². The van der Waals surface area contributed by atoms with Crippen molar-refractivity contribution < 1.29 is 98.1 Å². The Labute approximate surface area is 181 Å². The maximum absolute atomic E-state index is 2.39. The summed E-state index contributed by atoms with van der Waals surface area (Å²) >= 11 is 0. The predicted octanol–water partition coefficient (Wildman–Crippen LogP) is 4.85. The second-order valence-corrected chi connectivity index (χ2v) is 3.91. The molecule has 1 aliphatic carbocycles. The van der Waals surface area contributed by atoms with Gasteiger partial charge in [0.05, 0.1) is 0 Å². The first-order valence-electron chi connectivity index (χ1n) is 5.13. The fourth-order valence-electron chi connectivity index (χ4n) is 2.05. The van der Waals surface area contributed by atoms with E-state index in [0.29, 0.717) is 0 Å². The van der Waals surface area contributed by atoms with E-state index in [1.807, 2.05) is 13.8 Å². The maximum atomic E-state index is 2.39. The van der Waals surface area contributed by atoms with Gasteiger partial charge in [-0.1, -0.05) is 41.5 Å². The van der Waals surface area contributed by atoms with E-state index < -0.39 is 0 Å². The summed E-state index contributed by atoms with van der Waals surface area (Å²) in [7, 11) is 0. The number of hydrogen-bond donors (Lipinski definition) is 0. The van der Waals surface area contributed by atoms with Gasteiger partial charge in [-0.3, -0.25) is 0 Å². The van der Waals surface area contributed by atoms with E-state index in [-0.39, 0.29) is 113 Å². The molecule has 0 unspecified atom stereocenters. The van der Waals surface area contributed by atoms with E-state index in [9.17, 15) is 0 Å². The van der Waals surface area contributed by atoms with Gasteiger partial charge in [-0.25, -0.2) is 0 Å². The molecule has 0 aromatic rings. The van der Waals surface area contributed by atoms with Gasteiger partial charge >= 0.3 is 0 Å². The van der Waals surface area contributed by atoms with Crippen LogP contribution in [0.3, 0.4) is 0 Å². The number of hydrogen-bond acceptors (Lipinski definition) is 0. The zero-order valence-electron chi connectivity index (χ0n) is 12.7. The van der Waals surface area contributed by atoms with Gasteiger partial charge in [-0.05, 0) is 30.1 Å². The van der Waals surface area contributed by atoms with E-state index in [0.717, 1.165) is 23.7 Å². The third-order valence-electron chi connectivity index (χ3n) is 3.37. The molecule has 0 aromatic heterocycles. The van der Waals surface area contributed by atoms with Crippen molar-refractivity contribution in [1.29, 1.82) is 0 Å². The monoisotopic (exact) mass is 453 g/mol. The molecule has 0 aliphatic heterocycles. The van der Waals surface area contributed by atoms with Gasteiger partial charge in [0.2, 0.25) is 0 Å². The summed E-state index contributed by atoms with van der Waals surface area (Å²) in [6.45, 7) is 13.5. The van der Waals surface area contributed by atoms with Crippen molar-refractivity contribution in [2.75, 3.05) is 0 Å². The predicted molar refractivity (Wildman–Crippen MR) is 65.4 cm³/mol. The summed E-state index contributed by atoms with van der Waals surface area (Å²) in [6.07, 6.45) is 1.45. The molecule has 93 valence electrons. The Bertz CT molecular complexity index is 95.4. The second-order valence-electron chi connectivity index (χ2n) is 3.91. The van der Waals surface area contributed by atoms with Crippen LogP contribution < -0.4 is 0 Å². The molecule has 3 radical (unpaired) electrons. The minimum atomic E-state index is 0. The van der Waals surface area contributed by atoms with Crippen molar-refractivity contribution in [2.45, 2.75) is 48.0 Å². The summed E-state index contributed by atoms with van der Waals surface area (Å²) in [6, 6.07) is 0. The first kappa shape index (κ1) is 36.5. The number of rotatable bonds is 0. The molecular formula is C13H30Y3-2. The van der Waals surface area contributed by atoms with Crippen LogP contribution in [-0.4, -0.2) is 0 Å². The molecule has 0 saturated heterocycles.